The van der Waals surface area contributed by atoms with Crippen LogP contribution >= 0.6 is 11.6 Å². The summed E-state index contributed by atoms with van der Waals surface area (Å²) in [7, 11) is 0.770. The molecule has 0 radical (unpaired) electrons. The smallest absolute Gasteiger partial charge is 0.434 e. The van der Waals surface area contributed by atoms with Gasteiger partial charge in [-0.25, -0.2) is 18.6 Å². The topological polar surface area (TPSA) is 39.2 Å². The van der Waals surface area contributed by atoms with Crippen LogP contribution in [0.25, 0.3) is 0 Å². The Balaban J connectivity index is 3.64. The molecule has 1 rings (SSSR count). The fraction of sp³-hybridized carbons (Fsp3) is 0.333. The third-order valence-electron chi connectivity index (χ3n) is 1.91. The molecule has 0 bridgehead atoms. The summed E-state index contributed by atoms with van der Waals surface area (Å²) in [6.07, 6.45) is -8.42. The number of nitrogens with zero attached hydrogens (tertiary/aromatic N) is 1. The maximum Gasteiger partial charge on any atom is 0.434 e. The van der Waals surface area contributed by atoms with Crippen molar-refractivity contribution < 1.29 is 31.5 Å². The Kier molecular flexibility index (Phi) is 4.10. The molecule has 0 aliphatic rings. The highest BCUT2D eigenvalue weighted by atomic mass is 35.5. The van der Waals surface area contributed by atoms with Gasteiger partial charge in [0.2, 0.25) is 0 Å². The molecule has 0 saturated carbocycles. The number of hydrogen-bond acceptors (Lipinski definition) is 3. The molecular formula is C9H5ClF5NO2. The van der Waals surface area contributed by atoms with Gasteiger partial charge in [-0.1, -0.05) is 11.6 Å². The molecule has 0 amide bonds. The lowest BCUT2D eigenvalue weighted by atomic mass is 10.1. The van der Waals surface area contributed by atoms with Crippen molar-refractivity contribution in [3.05, 3.63) is 28.0 Å². The number of hydrogen-bond donors (Lipinski definition) is 0. The van der Waals surface area contributed by atoms with Crippen LogP contribution in [-0.2, 0) is 10.9 Å². The number of esters is 1. The van der Waals surface area contributed by atoms with Gasteiger partial charge >= 0.3 is 12.1 Å². The van der Waals surface area contributed by atoms with Crippen molar-refractivity contribution in [3.8, 4) is 0 Å². The minimum absolute atomic E-state index is 0.494. The number of rotatable bonds is 2. The van der Waals surface area contributed by atoms with E-state index in [-0.39, 0.29) is 0 Å². The van der Waals surface area contributed by atoms with E-state index < -0.39 is 40.5 Å². The van der Waals surface area contributed by atoms with Crippen LogP contribution in [0.15, 0.2) is 6.07 Å². The molecule has 100 valence electrons. The van der Waals surface area contributed by atoms with Crippen molar-refractivity contribution in [3.63, 3.8) is 0 Å². The second kappa shape index (κ2) is 5.05. The molecule has 0 spiro atoms. The van der Waals surface area contributed by atoms with Gasteiger partial charge in [-0.2, -0.15) is 13.2 Å². The van der Waals surface area contributed by atoms with Crippen molar-refractivity contribution >= 4 is 17.6 Å². The molecule has 1 aromatic heterocycles. The average Bonchev–Trinajstić information content (AvgIpc) is 2.25. The van der Waals surface area contributed by atoms with Crippen LogP contribution in [0.5, 0.6) is 0 Å². The van der Waals surface area contributed by atoms with Gasteiger partial charge in [-0.05, 0) is 6.07 Å². The summed E-state index contributed by atoms with van der Waals surface area (Å²) < 4.78 is 67.1. The van der Waals surface area contributed by atoms with E-state index in [0.29, 0.717) is 6.07 Å². The summed E-state index contributed by atoms with van der Waals surface area (Å²) in [4.78, 5) is 14.0. The fourth-order valence-corrected chi connectivity index (χ4v) is 1.43. The largest absolute Gasteiger partial charge is 0.465 e. The lowest BCUT2D eigenvalue weighted by molar-refractivity contribution is -0.141. The molecule has 0 aliphatic carbocycles. The van der Waals surface area contributed by atoms with Gasteiger partial charge in [-0.3, -0.25) is 0 Å². The summed E-state index contributed by atoms with van der Waals surface area (Å²) in [6.45, 7) is 0. The van der Waals surface area contributed by atoms with Gasteiger partial charge in [0.05, 0.1) is 12.7 Å². The van der Waals surface area contributed by atoms with E-state index in [9.17, 15) is 26.7 Å². The summed E-state index contributed by atoms with van der Waals surface area (Å²) >= 11 is 5.22. The second-order valence-electron chi connectivity index (χ2n) is 3.05. The minimum atomic E-state index is -5.10. The third kappa shape index (κ3) is 2.87. The third-order valence-corrected chi connectivity index (χ3v) is 2.11. The van der Waals surface area contributed by atoms with E-state index in [0.717, 1.165) is 7.11 Å². The van der Waals surface area contributed by atoms with Crippen LogP contribution in [0.3, 0.4) is 0 Å². The van der Waals surface area contributed by atoms with E-state index in [1.54, 1.807) is 0 Å². The SMILES string of the molecule is COC(=O)c1c(C(F)F)cc(Cl)nc1C(F)(F)F. The number of carbonyl (C=O) groups is 1. The predicted octanol–water partition coefficient (Wildman–Crippen LogP) is 3.48. The fourth-order valence-electron chi connectivity index (χ4n) is 1.23. The maximum absolute atomic E-state index is 12.6. The average molecular weight is 290 g/mol. The van der Waals surface area contributed by atoms with Crippen LogP contribution in [0.4, 0.5) is 22.0 Å². The highest BCUT2D eigenvalue weighted by molar-refractivity contribution is 6.29. The van der Waals surface area contributed by atoms with E-state index in [1.807, 2.05) is 0 Å². The lowest BCUT2D eigenvalue weighted by Gasteiger charge is -2.14. The van der Waals surface area contributed by atoms with Crippen molar-refractivity contribution in [1.82, 2.24) is 4.98 Å². The first-order valence-electron chi connectivity index (χ1n) is 4.32. The number of methoxy groups -OCH3 is 1. The Hall–Kier alpha value is -1.44. The van der Waals surface area contributed by atoms with Gasteiger partial charge in [0.1, 0.15) is 5.15 Å². The van der Waals surface area contributed by atoms with Crippen LogP contribution in [0.2, 0.25) is 5.15 Å². The van der Waals surface area contributed by atoms with Crippen molar-refractivity contribution in [2.75, 3.05) is 7.11 Å². The molecule has 3 nitrogen and oxygen atoms in total. The van der Waals surface area contributed by atoms with Gasteiger partial charge in [-0.15, -0.1) is 0 Å². The summed E-state index contributed by atoms with van der Waals surface area (Å²) in [6, 6.07) is 0.494. The molecule has 0 N–H and O–H groups in total. The molecule has 0 aliphatic heterocycles. The van der Waals surface area contributed by atoms with E-state index in [2.05, 4.69) is 9.72 Å². The predicted molar refractivity (Wildman–Crippen MR) is 50.5 cm³/mol. The van der Waals surface area contributed by atoms with Gasteiger partial charge in [0.15, 0.2) is 5.69 Å². The number of alkyl halides is 5. The molecular weight excluding hydrogens is 285 g/mol. The van der Waals surface area contributed by atoms with Crippen molar-refractivity contribution in [1.29, 1.82) is 0 Å². The summed E-state index contributed by atoms with van der Waals surface area (Å²) in [5.41, 5.74) is -4.30. The van der Waals surface area contributed by atoms with E-state index >= 15 is 0 Å². The molecule has 1 heterocycles. The number of ether oxygens (including phenoxy) is 1. The Morgan fingerprint density at radius 3 is 2.39 bits per heavy atom. The molecule has 0 unspecified atom stereocenters. The molecule has 0 aromatic carbocycles. The molecule has 9 heteroatoms. The monoisotopic (exact) mass is 289 g/mol. The Morgan fingerprint density at radius 1 is 1.44 bits per heavy atom. The van der Waals surface area contributed by atoms with Gasteiger partial charge in [0.25, 0.3) is 6.43 Å². The normalized spacial score (nSPS) is 11.8. The second-order valence-corrected chi connectivity index (χ2v) is 3.44. The molecule has 0 saturated heterocycles. The quantitative estimate of drug-likeness (QED) is 0.475. The zero-order chi connectivity index (χ0) is 14.1. The van der Waals surface area contributed by atoms with Crippen LogP contribution in [-0.4, -0.2) is 18.1 Å². The molecule has 1 aromatic rings. The Labute approximate surface area is 103 Å². The highest BCUT2D eigenvalue weighted by Crippen LogP contribution is 2.36. The first kappa shape index (κ1) is 14.6. The summed E-state index contributed by atoms with van der Waals surface area (Å²) in [5, 5.41) is -0.787. The van der Waals surface area contributed by atoms with E-state index in [4.69, 9.17) is 11.6 Å². The Bertz CT molecular complexity index is 475. The van der Waals surface area contributed by atoms with E-state index in [1.165, 1.54) is 0 Å². The van der Waals surface area contributed by atoms with Crippen molar-refractivity contribution in [2.45, 2.75) is 12.6 Å². The van der Waals surface area contributed by atoms with Crippen LogP contribution in [0, 0.1) is 0 Å². The minimum Gasteiger partial charge on any atom is -0.465 e. The number of pyridine rings is 1. The number of aromatic nitrogens is 1. The summed E-state index contributed by atoms with van der Waals surface area (Å²) in [5.74, 6) is -1.55. The first-order valence-corrected chi connectivity index (χ1v) is 4.70. The lowest BCUT2D eigenvalue weighted by Crippen LogP contribution is -2.19. The van der Waals surface area contributed by atoms with Gasteiger partial charge in [0, 0.05) is 5.56 Å². The van der Waals surface area contributed by atoms with Crippen LogP contribution < -0.4 is 0 Å². The zero-order valence-electron chi connectivity index (χ0n) is 8.69. The molecule has 18 heavy (non-hydrogen) atoms. The molecule has 0 fully saturated rings. The van der Waals surface area contributed by atoms with Crippen molar-refractivity contribution in [2.24, 2.45) is 0 Å². The van der Waals surface area contributed by atoms with Crippen LogP contribution in [0.1, 0.15) is 28.0 Å². The zero-order valence-corrected chi connectivity index (χ0v) is 9.44. The maximum atomic E-state index is 12.6. The number of halogens is 6. The molecule has 0 atom stereocenters. The standard InChI is InChI=1S/C9H5ClF5NO2/c1-18-8(17)5-3(7(11)12)2-4(10)16-6(5)9(13,14)15/h2,7H,1H3. The van der Waals surface area contributed by atoms with Gasteiger partial charge < -0.3 is 4.74 Å². The first-order chi connectivity index (χ1) is 8.18. The number of carbonyl (C=O) groups excluding carboxylic acids is 1. The Morgan fingerprint density at radius 2 is 2.00 bits per heavy atom. The highest BCUT2D eigenvalue weighted by Gasteiger charge is 2.40.